The smallest absolute Gasteiger partial charge is 0.0338 e. The van der Waals surface area contributed by atoms with Crippen molar-refractivity contribution in [2.24, 2.45) is 0 Å². The topological polar surface area (TPSA) is 15.3 Å². The molecule has 1 aliphatic heterocycles. The van der Waals surface area contributed by atoms with E-state index in [0.717, 1.165) is 6.54 Å². The van der Waals surface area contributed by atoms with Gasteiger partial charge in [-0.3, -0.25) is 4.90 Å². The molecule has 19 heavy (non-hydrogen) atoms. The first-order valence-corrected chi connectivity index (χ1v) is 7.72. The van der Waals surface area contributed by atoms with E-state index < -0.39 is 0 Å². The third kappa shape index (κ3) is 2.70. The van der Waals surface area contributed by atoms with Gasteiger partial charge in [0.25, 0.3) is 0 Å². The van der Waals surface area contributed by atoms with Gasteiger partial charge >= 0.3 is 0 Å². The van der Waals surface area contributed by atoms with Gasteiger partial charge in [-0.25, -0.2) is 0 Å². The highest BCUT2D eigenvalue weighted by Gasteiger charge is 2.42. The summed E-state index contributed by atoms with van der Waals surface area (Å²) in [6.07, 6.45) is 5.55. The summed E-state index contributed by atoms with van der Waals surface area (Å²) in [5.74, 6) is 0. The molecule has 2 aliphatic rings. The third-order valence-electron chi connectivity index (χ3n) is 4.93. The van der Waals surface area contributed by atoms with Crippen molar-refractivity contribution in [3.63, 3.8) is 0 Å². The minimum absolute atomic E-state index is 0.441. The minimum atomic E-state index is 0.441. The number of aryl methyl sites for hydroxylation is 1. The predicted octanol–water partition coefficient (Wildman–Crippen LogP) is 3.10. The molecule has 0 radical (unpaired) electrons. The highest BCUT2D eigenvalue weighted by molar-refractivity contribution is 5.22. The van der Waals surface area contributed by atoms with E-state index in [1.54, 1.807) is 0 Å². The molecule has 1 atom stereocenters. The lowest BCUT2D eigenvalue weighted by molar-refractivity contribution is 0.0393. The standard InChI is InChI=1S/C17H26N2/c1-14-6-5-7-16(10-14)12-19-11-15(2)18-13-17(19)8-3-4-9-17/h5-7,10,15,18H,3-4,8-9,11-13H2,1-2H3. The molecule has 2 fully saturated rings. The number of hydrogen-bond acceptors (Lipinski definition) is 2. The van der Waals surface area contributed by atoms with E-state index >= 15 is 0 Å². The maximum atomic E-state index is 3.70. The monoisotopic (exact) mass is 258 g/mol. The summed E-state index contributed by atoms with van der Waals surface area (Å²) >= 11 is 0. The molecule has 0 bridgehead atoms. The Labute approximate surface area is 117 Å². The Morgan fingerprint density at radius 3 is 2.84 bits per heavy atom. The number of nitrogens with zero attached hydrogens (tertiary/aromatic N) is 1. The molecular weight excluding hydrogens is 232 g/mol. The molecule has 1 N–H and O–H groups in total. The maximum absolute atomic E-state index is 3.70. The first-order valence-electron chi connectivity index (χ1n) is 7.72. The lowest BCUT2D eigenvalue weighted by Gasteiger charge is -2.48. The van der Waals surface area contributed by atoms with Crippen LogP contribution in [0, 0.1) is 6.92 Å². The second-order valence-corrected chi connectivity index (χ2v) is 6.58. The first kappa shape index (κ1) is 13.1. The van der Waals surface area contributed by atoms with Crippen LogP contribution in [0.3, 0.4) is 0 Å². The van der Waals surface area contributed by atoms with E-state index in [0.29, 0.717) is 11.6 Å². The van der Waals surface area contributed by atoms with Crippen LogP contribution in [0.1, 0.15) is 43.7 Å². The van der Waals surface area contributed by atoms with E-state index in [-0.39, 0.29) is 0 Å². The summed E-state index contributed by atoms with van der Waals surface area (Å²) in [6.45, 7) is 7.99. The summed E-state index contributed by atoms with van der Waals surface area (Å²) in [6, 6.07) is 9.63. The Hall–Kier alpha value is -0.860. The summed E-state index contributed by atoms with van der Waals surface area (Å²) in [5.41, 5.74) is 3.29. The van der Waals surface area contributed by atoms with Crippen molar-refractivity contribution in [1.82, 2.24) is 10.2 Å². The van der Waals surface area contributed by atoms with Crippen LogP contribution in [0.5, 0.6) is 0 Å². The van der Waals surface area contributed by atoms with Crippen LogP contribution in [0.25, 0.3) is 0 Å². The zero-order valence-corrected chi connectivity index (χ0v) is 12.3. The third-order valence-corrected chi connectivity index (χ3v) is 4.93. The average molecular weight is 258 g/mol. The Balaban J connectivity index is 1.79. The molecule has 2 heteroatoms. The van der Waals surface area contributed by atoms with Crippen LogP contribution in [0.15, 0.2) is 24.3 Å². The van der Waals surface area contributed by atoms with Crippen LogP contribution in [-0.4, -0.2) is 29.6 Å². The van der Waals surface area contributed by atoms with Crippen LogP contribution < -0.4 is 5.32 Å². The molecule has 1 spiro atoms. The molecule has 1 aromatic carbocycles. The molecule has 1 saturated heterocycles. The number of rotatable bonds is 2. The summed E-state index contributed by atoms with van der Waals surface area (Å²) in [5, 5.41) is 3.70. The normalized spacial score (nSPS) is 26.9. The Morgan fingerprint density at radius 1 is 1.32 bits per heavy atom. The summed E-state index contributed by atoms with van der Waals surface area (Å²) in [7, 11) is 0. The minimum Gasteiger partial charge on any atom is -0.311 e. The SMILES string of the molecule is Cc1cccc(CN2CC(C)NCC23CCCC3)c1. The van der Waals surface area contributed by atoms with Crippen LogP contribution in [0.4, 0.5) is 0 Å². The van der Waals surface area contributed by atoms with Gasteiger partial charge in [0.1, 0.15) is 0 Å². The molecule has 0 aromatic heterocycles. The van der Waals surface area contributed by atoms with E-state index in [1.807, 2.05) is 0 Å². The molecule has 104 valence electrons. The average Bonchev–Trinajstić information content (AvgIpc) is 2.84. The Morgan fingerprint density at radius 2 is 2.11 bits per heavy atom. The lowest BCUT2D eigenvalue weighted by Crippen LogP contribution is -2.62. The quantitative estimate of drug-likeness (QED) is 0.877. The van der Waals surface area contributed by atoms with Crippen molar-refractivity contribution in [2.45, 2.75) is 57.7 Å². The van der Waals surface area contributed by atoms with Gasteiger partial charge < -0.3 is 5.32 Å². The van der Waals surface area contributed by atoms with Gasteiger partial charge in [0, 0.05) is 31.2 Å². The van der Waals surface area contributed by atoms with E-state index in [1.165, 1.54) is 49.9 Å². The van der Waals surface area contributed by atoms with Crippen molar-refractivity contribution >= 4 is 0 Å². The van der Waals surface area contributed by atoms with Gasteiger partial charge in [-0.05, 0) is 32.3 Å². The first-order chi connectivity index (χ1) is 9.18. The van der Waals surface area contributed by atoms with Gasteiger partial charge in [-0.1, -0.05) is 42.7 Å². The molecule has 1 aromatic rings. The molecule has 3 rings (SSSR count). The molecule has 0 amide bonds. The molecule has 1 heterocycles. The van der Waals surface area contributed by atoms with Crippen molar-refractivity contribution < 1.29 is 0 Å². The van der Waals surface area contributed by atoms with Crippen LogP contribution >= 0.6 is 0 Å². The molecular formula is C17H26N2. The number of benzene rings is 1. The van der Waals surface area contributed by atoms with Crippen molar-refractivity contribution in [3.05, 3.63) is 35.4 Å². The van der Waals surface area contributed by atoms with Gasteiger partial charge in [0.2, 0.25) is 0 Å². The highest BCUT2D eigenvalue weighted by Crippen LogP contribution is 2.37. The molecule has 1 aliphatic carbocycles. The lowest BCUT2D eigenvalue weighted by atomic mass is 9.90. The predicted molar refractivity (Wildman–Crippen MR) is 80.3 cm³/mol. The zero-order valence-electron chi connectivity index (χ0n) is 12.3. The highest BCUT2D eigenvalue weighted by atomic mass is 15.3. The van der Waals surface area contributed by atoms with Crippen molar-refractivity contribution in [3.8, 4) is 0 Å². The Bertz CT molecular complexity index is 435. The number of hydrogen-bond donors (Lipinski definition) is 1. The van der Waals surface area contributed by atoms with E-state index in [9.17, 15) is 0 Å². The molecule has 1 saturated carbocycles. The van der Waals surface area contributed by atoms with Crippen molar-refractivity contribution in [1.29, 1.82) is 0 Å². The maximum Gasteiger partial charge on any atom is 0.0338 e. The van der Waals surface area contributed by atoms with Crippen LogP contribution in [0.2, 0.25) is 0 Å². The van der Waals surface area contributed by atoms with E-state index in [2.05, 4.69) is 48.3 Å². The largest absolute Gasteiger partial charge is 0.311 e. The second kappa shape index (κ2) is 5.26. The second-order valence-electron chi connectivity index (χ2n) is 6.58. The van der Waals surface area contributed by atoms with Gasteiger partial charge in [0.15, 0.2) is 0 Å². The van der Waals surface area contributed by atoms with Crippen LogP contribution in [-0.2, 0) is 6.54 Å². The molecule has 1 unspecified atom stereocenters. The summed E-state index contributed by atoms with van der Waals surface area (Å²) < 4.78 is 0. The van der Waals surface area contributed by atoms with Gasteiger partial charge in [0.05, 0.1) is 0 Å². The van der Waals surface area contributed by atoms with Gasteiger partial charge in [-0.2, -0.15) is 0 Å². The number of piperazine rings is 1. The fourth-order valence-electron chi connectivity index (χ4n) is 3.85. The molecule has 2 nitrogen and oxygen atoms in total. The Kier molecular flexibility index (Phi) is 3.64. The summed E-state index contributed by atoms with van der Waals surface area (Å²) in [4.78, 5) is 2.76. The fourth-order valence-corrected chi connectivity index (χ4v) is 3.85. The number of nitrogens with one attached hydrogen (secondary N) is 1. The van der Waals surface area contributed by atoms with Crippen molar-refractivity contribution in [2.75, 3.05) is 13.1 Å². The fraction of sp³-hybridized carbons (Fsp3) is 0.647. The van der Waals surface area contributed by atoms with E-state index in [4.69, 9.17) is 0 Å². The zero-order chi connectivity index (χ0) is 13.3. The van der Waals surface area contributed by atoms with Gasteiger partial charge in [-0.15, -0.1) is 0 Å².